The third-order valence-corrected chi connectivity index (χ3v) is 4.81. The lowest BCUT2D eigenvalue weighted by molar-refractivity contribution is 0.346. The van der Waals surface area contributed by atoms with Crippen LogP contribution in [0.1, 0.15) is 44.4 Å². The minimum atomic E-state index is 0.273. The summed E-state index contributed by atoms with van der Waals surface area (Å²) in [5, 5.41) is 9.38. The van der Waals surface area contributed by atoms with Crippen LogP contribution in [0.2, 0.25) is 0 Å². The molecule has 1 N–H and O–H groups in total. The zero-order valence-corrected chi connectivity index (χ0v) is 13.4. The lowest BCUT2D eigenvalue weighted by Gasteiger charge is -2.26. The number of aromatic hydroxyl groups is 1. The van der Waals surface area contributed by atoms with Gasteiger partial charge in [-0.1, -0.05) is 20.3 Å². The van der Waals surface area contributed by atoms with Gasteiger partial charge in [0.25, 0.3) is 0 Å². The van der Waals surface area contributed by atoms with Crippen molar-refractivity contribution in [2.45, 2.75) is 46.0 Å². The van der Waals surface area contributed by atoms with E-state index in [1.165, 1.54) is 30.5 Å². The number of aromatic nitrogens is 2. The zero-order chi connectivity index (χ0) is 15.5. The van der Waals surface area contributed by atoms with Gasteiger partial charge in [-0.25, -0.2) is 9.97 Å². The van der Waals surface area contributed by atoms with Gasteiger partial charge in [-0.3, -0.25) is 0 Å². The summed E-state index contributed by atoms with van der Waals surface area (Å²) in [7, 11) is 0. The van der Waals surface area contributed by atoms with Gasteiger partial charge >= 0.3 is 0 Å². The molecule has 0 saturated heterocycles. The summed E-state index contributed by atoms with van der Waals surface area (Å²) in [6.07, 6.45) is 8.01. The molecule has 2 atom stereocenters. The number of nitrogens with zero attached hydrogens (tertiary/aromatic N) is 2. The van der Waals surface area contributed by atoms with Crippen molar-refractivity contribution in [1.82, 2.24) is 9.97 Å². The van der Waals surface area contributed by atoms with Crippen LogP contribution in [0.25, 0.3) is 11.4 Å². The van der Waals surface area contributed by atoms with Gasteiger partial charge < -0.3 is 5.11 Å². The Hall–Kier alpha value is -1.90. The Labute approximate surface area is 132 Å². The number of aryl methyl sites for hydroxylation is 1. The smallest absolute Gasteiger partial charge is 0.159 e. The van der Waals surface area contributed by atoms with Crippen molar-refractivity contribution < 1.29 is 5.11 Å². The van der Waals surface area contributed by atoms with Crippen molar-refractivity contribution >= 4 is 0 Å². The SMILES string of the molecule is CCC(C)CC1CCc2nc(-c3ccc(O)cc3)ncc2C1. The third-order valence-electron chi connectivity index (χ3n) is 4.81. The predicted molar refractivity (Wildman–Crippen MR) is 88.7 cm³/mol. The molecule has 2 unspecified atom stereocenters. The molecule has 0 fully saturated rings. The predicted octanol–water partition coefficient (Wildman–Crippen LogP) is 4.39. The van der Waals surface area contributed by atoms with E-state index >= 15 is 0 Å². The van der Waals surface area contributed by atoms with Crippen LogP contribution in [0.4, 0.5) is 0 Å². The summed E-state index contributed by atoms with van der Waals surface area (Å²) in [6, 6.07) is 7.10. The number of hydrogen-bond donors (Lipinski definition) is 1. The largest absolute Gasteiger partial charge is 0.508 e. The topological polar surface area (TPSA) is 46.0 Å². The Morgan fingerprint density at radius 1 is 1.27 bits per heavy atom. The summed E-state index contributed by atoms with van der Waals surface area (Å²) < 4.78 is 0. The van der Waals surface area contributed by atoms with E-state index in [0.29, 0.717) is 0 Å². The fourth-order valence-electron chi connectivity index (χ4n) is 3.27. The maximum Gasteiger partial charge on any atom is 0.159 e. The highest BCUT2D eigenvalue weighted by Gasteiger charge is 2.22. The van der Waals surface area contributed by atoms with Crippen molar-refractivity contribution in [3.63, 3.8) is 0 Å². The lowest BCUT2D eigenvalue weighted by atomic mass is 9.81. The van der Waals surface area contributed by atoms with Gasteiger partial charge in [-0.15, -0.1) is 0 Å². The highest BCUT2D eigenvalue weighted by molar-refractivity contribution is 5.56. The van der Waals surface area contributed by atoms with Crippen LogP contribution in [-0.2, 0) is 12.8 Å². The second kappa shape index (κ2) is 6.47. The number of hydrogen-bond acceptors (Lipinski definition) is 3. The molecule has 2 aromatic rings. The second-order valence-corrected chi connectivity index (χ2v) is 6.57. The van der Waals surface area contributed by atoms with Crippen LogP contribution in [-0.4, -0.2) is 15.1 Å². The maximum absolute atomic E-state index is 9.38. The second-order valence-electron chi connectivity index (χ2n) is 6.57. The summed E-state index contributed by atoms with van der Waals surface area (Å²) in [6.45, 7) is 4.62. The van der Waals surface area contributed by atoms with Gasteiger partial charge in [0.15, 0.2) is 5.82 Å². The number of rotatable bonds is 4. The fourth-order valence-corrected chi connectivity index (χ4v) is 3.27. The van der Waals surface area contributed by atoms with Crippen LogP contribution >= 0.6 is 0 Å². The molecule has 22 heavy (non-hydrogen) atoms. The first kappa shape index (κ1) is 15.0. The van der Waals surface area contributed by atoms with Crippen molar-refractivity contribution in [3.8, 4) is 17.1 Å². The van der Waals surface area contributed by atoms with Crippen molar-refractivity contribution in [2.75, 3.05) is 0 Å². The fraction of sp³-hybridized carbons (Fsp3) is 0.474. The van der Waals surface area contributed by atoms with Gasteiger partial charge in [0.1, 0.15) is 5.75 Å². The first-order chi connectivity index (χ1) is 10.7. The van der Waals surface area contributed by atoms with Gasteiger partial charge in [0.2, 0.25) is 0 Å². The average Bonchev–Trinajstić information content (AvgIpc) is 2.55. The monoisotopic (exact) mass is 296 g/mol. The molecule has 3 heteroatoms. The first-order valence-corrected chi connectivity index (χ1v) is 8.30. The van der Waals surface area contributed by atoms with Crippen LogP contribution in [0, 0.1) is 11.8 Å². The van der Waals surface area contributed by atoms with Gasteiger partial charge in [-0.2, -0.15) is 0 Å². The quantitative estimate of drug-likeness (QED) is 0.910. The lowest BCUT2D eigenvalue weighted by Crippen LogP contribution is -2.18. The summed E-state index contributed by atoms with van der Waals surface area (Å²) in [5.41, 5.74) is 3.49. The molecule has 1 aromatic carbocycles. The number of phenolic OH excluding ortho intramolecular Hbond substituents is 1. The van der Waals surface area contributed by atoms with Crippen molar-refractivity contribution in [1.29, 1.82) is 0 Å². The van der Waals surface area contributed by atoms with Gasteiger partial charge in [-0.05, 0) is 67.3 Å². The molecule has 0 spiro atoms. The molecule has 1 aliphatic rings. The minimum Gasteiger partial charge on any atom is -0.508 e. The molecule has 0 radical (unpaired) electrons. The summed E-state index contributed by atoms with van der Waals surface area (Å²) in [4.78, 5) is 9.29. The molecule has 0 saturated carbocycles. The maximum atomic E-state index is 9.38. The molecule has 116 valence electrons. The van der Waals surface area contributed by atoms with Crippen LogP contribution in [0.3, 0.4) is 0 Å². The van der Waals surface area contributed by atoms with Crippen LogP contribution in [0.15, 0.2) is 30.5 Å². The van der Waals surface area contributed by atoms with E-state index < -0.39 is 0 Å². The van der Waals surface area contributed by atoms with E-state index in [9.17, 15) is 5.11 Å². The Bertz CT molecular complexity index is 636. The highest BCUT2D eigenvalue weighted by Crippen LogP contribution is 2.30. The molecule has 0 amide bonds. The molecule has 0 bridgehead atoms. The minimum absolute atomic E-state index is 0.273. The van der Waals surface area contributed by atoms with E-state index in [4.69, 9.17) is 4.98 Å². The Balaban J connectivity index is 1.77. The normalized spacial score (nSPS) is 18.7. The summed E-state index contributed by atoms with van der Waals surface area (Å²) in [5.74, 6) is 2.63. The van der Waals surface area contributed by atoms with Crippen LogP contribution in [0.5, 0.6) is 5.75 Å². The molecule has 1 aromatic heterocycles. The number of phenols is 1. The molecule has 1 heterocycles. The molecular weight excluding hydrogens is 272 g/mol. The van der Waals surface area contributed by atoms with E-state index in [0.717, 1.165) is 36.1 Å². The molecular formula is C19H24N2O. The number of benzene rings is 1. The van der Waals surface area contributed by atoms with E-state index in [1.54, 1.807) is 12.1 Å². The van der Waals surface area contributed by atoms with Gasteiger partial charge in [0, 0.05) is 17.5 Å². The van der Waals surface area contributed by atoms with E-state index in [2.05, 4.69) is 18.8 Å². The molecule has 3 nitrogen and oxygen atoms in total. The Morgan fingerprint density at radius 2 is 2.05 bits per heavy atom. The van der Waals surface area contributed by atoms with E-state index in [1.807, 2.05) is 18.3 Å². The average molecular weight is 296 g/mol. The third kappa shape index (κ3) is 3.29. The van der Waals surface area contributed by atoms with Crippen LogP contribution < -0.4 is 0 Å². The van der Waals surface area contributed by atoms with Gasteiger partial charge in [0.05, 0.1) is 0 Å². The molecule has 1 aliphatic carbocycles. The standard InChI is InChI=1S/C19H24N2O/c1-3-13(2)10-14-4-9-18-16(11-14)12-20-19(21-18)15-5-7-17(22)8-6-15/h5-8,12-14,22H,3-4,9-11H2,1-2H3. The Morgan fingerprint density at radius 3 is 2.77 bits per heavy atom. The van der Waals surface area contributed by atoms with Crippen molar-refractivity contribution in [2.24, 2.45) is 11.8 Å². The zero-order valence-electron chi connectivity index (χ0n) is 13.4. The van der Waals surface area contributed by atoms with E-state index in [-0.39, 0.29) is 5.75 Å². The molecule has 0 aliphatic heterocycles. The number of fused-ring (bicyclic) bond motifs is 1. The first-order valence-electron chi connectivity index (χ1n) is 8.30. The Kier molecular flexibility index (Phi) is 4.41. The summed E-state index contributed by atoms with van der Waals surface area (Å²) >= 11 is 0. The highest BCUT2D eigenvalue weighted by atomic mass is 16.3. The van der Waals surface area contributed by atoms with Crippen molar-refractivity contribution in [3.05, 3.63) is 41.7 Å². The molecule has 3 rings (SSSR count).